The minimum Gasteiger partial charge on any atom is -0.489 e. The molecule has 5 nitrogen and oxygen atoms in total. The summed E-state index contributed by atoms with van der Waals surface area (Å²) in [5.74, 6) is 1.43. The van der Waals surface area contributed by atoms with Crippen LogP contribution in [0.1, 0.15) is 18.7 Å². The summed E-state index contributed by atoms with van der Waals surface area (Å²) < 4.78 is 33.5. The molecular weight excluding hydrogens is 302 g/mol. The Kier molecular flexibility index (Phi) is 4.12. The van der Waals surface area contributed by atoms with Crippen LogP contribution in [0.2, 0.25) is 0 Å². The maximum absolute atomic E-state index is 14.1. The van der Waals surface area contributed by atoms with Crippen LogP contribution in [-0.2, 0) is 12.7 Å². The smallest absolute Gasteiger partial charge is 0.181 e. The van der Waals surface area contributed by atoms with Crippen LogP contribution in [0.15, 0.2) is 36.2 Å². The molecule has 0 radical (unpaired) electrons. The second kappa shape index (κ2) is 6.08. The van der Waals surface area contributed by atoms with Gasteiger partial charge in [0, 0.05) is 24.7 Å². The minimum absolute atomic E-state index is 0.0999. The highest BCUT2D eigenvalue weighted by Crippen LogP contribution is 2.48. The molecular formula is C16H18F2N4O. The highest BCUT2D eigenvalue weighted by Gasteiger charge is 2.49. The second-order valence-corrected chi connectivity index (χ2v) is 5.63. The molecule has 0 atom stereocenters. The molecule has 23 heavy (non-hydrogen) atoms. The van der Waals surface area contributed by atoms with Crippen molar-refractivity contribution in [3.05, 3.63) is 42.0 Å². The van der Waals surface area contributed by atoms with Gasteiger partial charge in [-0.1, -0.05) is 0 Å². The molecule has 7 heteroatoms. The van der Waals surface area contributed by atoms with Crippen molar-refractivity contribution < 1.29 is 13.5 Å². The predicted molar refractivity (Wildman–Crippen MR) is 82.2 cm³/mol. The van der Waals surface area contributed by atoms with Gasteiger partial charge in [-0.05, 0) is 37.1 Å². The number of hydrogen-bond donors (Lipinski definition) is 1. The van der Waals surface area contributed by atoms with Crippen LogP contribution < -0.4 is 10.5 Å². The number of aryl methyl sites for hydroxylation is 1. The fourth-order valence-corrected chi connectivity index (χ4v) is 2.24. The third kappa shape index (κ3) is 3.24. The van der Waals surface area contributed by atoms with Gasteiger partial charge in [-0.3, -0.25) is 0 Å². The Balaban J connectivity index is 1.72. The van der Waals surface area contributed by atoms with E-state index in [-0.39, 0.29) is 13.2 Å². The van der Waals surface area contributed by atoms with E-state index in [2.05, 4.69) is 10.1 Å². The molecule has 1 aliphatic carbocycles. The summed E-state index contributed by atoms with van der Waals surface area (Å²) >= 11 is 0. The molecule has 1 heterocycles. The standard InChI is InChI=1S/C16H18F2N4O/c1-22-15(16(18)6-7-16)20-14(21-22)12-2-4-13(5-3-12)23-10-11(8-17)9-19/h2-5,8H,6-7,9-10,19H2,1H3/b11-8-. The summed E-state index contributed by atoms with van der Waals surface area (Å²) in [5, 5.41) is 4.27. The maximum atomic E-state index is 14.1. The molecule has 0 unspecified atom stereocenters. The van der Waals surface area contributed by atoms with Crippen molar-refractivity contribution >= 4 is 0 Å². The van der Waals surface area contributed by atoms with Crippen LogP contribution in [0.4, 0.5) is 8.78 Å². The van der Waals surface area contributed by atoms with E-state index in [1.54, 1.807) is 31.3 Å². The Morgan fingerprint density at radius 1 is 1.39 bits per heavy atom. The lowest BCUT2D eigenvalue weighted by Gasteiger charge is -2.07. The summed E-state index contributed by atoms with van der Waals surface area (Å²) in [5.41, 5.74) is 5.19. The summed E-state index contributed by atoms with van der Waals surface area (Å²) in [4.78, 5) is 4.31. The van der Waals surface area contributed by atoms with Crippen LogP contribution in [-0.4, -0.2) is 27.9 Å². The van der Waals surface area contributed by atoms with Crippen LogP contribution in [0.3, 0.4) is 0 Å². The molecule has 0 amide bonds. The average molecular weight is 320 g/mol. The van der Waals surface area contributed by atoms with Gasteiger partial charge < -0.3 is 10.5 Å². The molecule has 0 saturated heterocycles. The van der Waals surface area contributed by atoms with Gasteiger partial charge in [0.15, 0.2) is 17.3 Å². The van der Waals surface area contributed by atoms with Crippen molar-refractivity contribution in [1.82, 2.24) is 14.8 Å². The monoisotopic (exact) mass is 320 g/mol. The first-order valence-corrected chi connectivity index (χ1v) is 7.37. The molecule has 1 aliphatic rings. The number of nitrogens with two attached hydrogens (primary N) is 1. The van der Waals surface area contributed by atoms with Crippen molar-refractivity contribution in [2.75, 3.05) is 13.2 Å². The normalized spacial score (nSPS) is 16.4. The lowest BCUT2D eigenvalue weighted by Crippen LogP contribution is -2.10. The van der Waals surface area contributed by atoms with Crippen molar-refractivity contribution in [3.63, 3.8) is 0 Å². The fourth-order valence-electron chi connectivity index (χ4n) is 2.24. The molecule has 0 spiro atoms. The SMILES string of the molecule is Cn1nc(-c2ccc(OC/C(=C\F)CN)cc2)nc1C1(F)CC1. The Hall–Kier alpha value is -2.28. The largest absolute Gasteiger partial charge is 0.489 e. The van der Waals surface area contributed by atoms with Crippen molar-refractivity contribution in [2.24, 2.45) is 12.8 Å². The van der Waals surface area contributed by atoms with Gasteiger partial charge in [-0.2, -0.15) is 5.10 Å². The van der Waals surface area contributed by atoms with E-state index in [1.165, 1.54) is 4.68 Å². The van der Waals surface area contributed by atoms with E-state index in [0.717, 1.165) is 5.56 Å². The van der Waals surface area contributed by atoms with E-state index in [4.69, 9.17) is 10.5 Å². The number of rotatable bonds is 6. The third-order valence-electron chi connectivity index (χ3n) is 3.81. The number of benzene rings is 1. The number of aromatic nitrogens is 3. The number of nitrogens with zero attached hydrogens (tertiary/aromatic N) is 3. The number of hydrogen-bond acceptors (Lipinski definition) is 4. The molecule has 1 saturated carbocycles. The maximum Gasteiger partial charge on any atom is 0.181 e. The van der Waals surface area contributed by atoms with Crippen LogP contribution in [0.25, 0.3) is 11.4 Å². The van der Waals surface area contributed by atoms with Crippen LogP contribution in [0, 0.1) is 0 Å². The summed E-state index contributed by atoms with van der Waals surface area (Å²) in [6.07, 6.45) is 1.45. The molecule has 1 fully saturated rings. The van der Waals surface area contributed by atoms with E-state index < -0.39 is 5.67 Å². The third-order valence-corrected chi connectivity index (χ3v) is 3.81. The van der Waals surface area contributed by atoms with E-state index >= 15 is 0 Å². The molecule has 0 bridgehead atoms. The summed E-state index contributed by atoms with van der Waals surface area (Å²) in [6.45, 7) is 0.211. The van der Waals surface area contributed by atoms with Crippen molar-refractivity contribution in [2.45, 2.75) is 18.5 Å². The Morgan fingerprint density at radius 3 is 2.65 bits per heavy atom. The molecule has 0 aliphatic heterocycles. The highest BCUT2D eigenvalue weighted by molar-refractivity contribution is 5.56. The zero-order chi connectivity index (χ0) is 16.4. The average Bonchev–Trinajstić information content (AvgIpc) is 3.18. The van der Waals surface area contributed by atoms with Gasteiger partial charge >= 0.3 is 0 Å². The van der Waals surface area contributed by atoms with Gasteiger partial charge in [0.2, 0.25) is 0 Å². The quantitative estimate of drug-likeness (QED) is 0.888. The number of halogens is 2. The van der Waals surface area contributed by atoms with Gasteiger partial charge in [-0.25, -0.2) is 18.4 Å². The first-order chi connectivity index (χ1) is 11.1. The second-order valence-electron chi connectivity index (χ2n) is 5.63. The number of alkyl halides is 1. The predicted octanol–water partition coefficient (Wildman–Crippen LogP) is 2.63. The summed E-state index contributed by atoms with van der Waals surface area (Å²) in [6, 6.07) is 7.04. The molecule has 122 valence electrons. The lowest BCUT2D eigenvalue weighted by molar-refractivity contribution is 0.290. The lowest BCUT2D eigenvalue weighted by atomic mass is 10.2. The fraction of sp³-hybridized carbons (Fsp3) is 0.375. The van der Waals surface area contributed by atoms with E-state index in [0.29, 0.717) is 42.1 Å². The zero-order valence-electron chi connectivity index (χ0n) is 12.8. The van der Waals surface area contributed by atoms with Crippen molar-refractivity contribution in [1.29, 1.82) is 0 Å². The molecule has 2 aromatic rings. The zero-order valence-corrected chi connectivity index (χ0v) is 12.8. The van der Waals surface area contributed by atoms with Gasteiger partial charge in [0.05, 0.1) is 6.33 Å². The van der Waals surface area contributed by atoms with E-state index in [1.807, 2.05) is 0 Å². The van der Waals surface area contributed by atoms with Gasteiger partial charge in [0.1, 0.15) is 12.4 Å². The van der Waals surface area contributed by atoms with Crippen LogP contribution in [0.5, 0.6) is 5.75 Å². The molecule has 2 N–H and O–H groups in total. The Labute approximate surface area is 132 Å². The molecule has 1 aromatic heterocycles. The summed E-state index contributed by atoms with van der Waals surface area (Å²) in [7, 11) is 1.70. The Bertz CT molecular complexity index is 720. The molecule has 3 rings (SSSR count). The van der Waals surface area contributed by atoms with E-state index in [9.17, 15) is 8.78 Å². The minimum atomic E-state index is -1.32. The molecule has 1 aromatic carbocycles. The van der Waals surface area contributed by atoms with Gasteiger partial charge in [0.25, 0.3) is 0 Å². The first kappa shape index (κ1) is 15.6. The topological polar surface area (TPSA) is 66.0 Å². The van der Waals surface area contributed by atoms with Crippen LogP contribution >= 0.6 is 0 Å². The van der Waals surface area contributed by atoms with Gasteiger partial charge in [-0.15, -0.1) is 0 Å². The highest BCUT2D eigenvalue weighted by atomic mass is 19.1. The van der Waals surface area contributed by atoms with Crippen molar-refractivity contribution in [3.8, 4) is 17.1 Å². The first-order valence-electron chi connectivity index (χ1n) is 7.37. The number of ether oxygens (including phenoxy) is 1. The Morgan fingerprint density at radius 2 is 2.09 bits per heavy atom.